The molecule has 0 aromatic carbocycles. The minimum absolute atomic E-state index is 0.0165. The third-order valence-corrected chi connectivity index (χ3v) is 12.8. The van der Waals surface area contributed by atoms with Crippen LogP contribution >= 0.6 is 0 Å². The number of hydrogen-bond acceptors (Lipinski definition) is 11. The Hall–Kier alpha value is -3.84. The number of ether oxygens (including phenoxy) is 5. The molecule has 0 aromatic rings. The highest BCUT2D eigenvalue weighted by atomic mass is 16.7. The van der Waals surface area contributed by atoms with E-state index in [-0.39, 0.29) is 25.9 Å². The van der Waals surface area contributed by atoms with Crippen LogP contribution < -0.4 is 0 Å². The van der Waals surface area contributed by atoms with Crippen molar-refractivity contribution in [3.05, 3.63) is 72.9 Å². The molecule has 0 saturated carbocycles. The molecule has 418 valence electrons. The van der Waals surface area contributed by atoms with Gasteiger partial charge in [0.25, 0.3) is 0 Å². The molecule has 12 nitrogen and oxygen atoms in total. The molecule has 0 aliphatic carbocycles. The molecule has 6 unspecified atom stereocenters. The average molecular weight is 1030 g/mol. The Kier molecular flexibility index (Phi) is 45.1. The summed E-state index contributed by atoms with van der Waals surface area (Å²) in [6.45, 7) is 5.77. The van der Waals surface area contributed by atoms with E-state index >= 15 is 0 Å². The Bertz CT molecular complexity index is 1550. The molecule has 1 saturated heterocycles. The Balaban J connectivity index is 2.76. The minimum Gasteiger partial charge on any atom is -0.479 e. The van der Waals surface area contributed by atoms with Gasteiger partial charge in [0, 0.05) is 12.8 Å². The van der Waals surface area contributed by atoms with Crippen LogP contribution in [0.4, 0.5) is 0 Å². The zero-order chi connectivity index (χ0) is 53.3. The predicted octanol–water partition coefficient (Wildman–Crippen LogP) is 14.6. The number of carboxylic acid groups (broad SMARTS) is 1. The summed E-state index contributed by atoms with van der Waals surface area (Å²) in [6, 6.07) is 0. The van der Waals surface area contributed by atoms with E-state index in [0.29, 0.717) is 19.3 Å². The van der Waals surface area contributed by atoms with Gasteiger partial charge >= 0.3 is 23.9 Å². The van der Waals surface area contributed by atoms with Crippen LogP contribution in [0, 0.1) is 0 Å². The van der Waals surface area contributed by atoms with Gasteiger partial charge in [-0.2, -0.15) is 0 Å². The maximum Gasteiger partial charge on any atom is 0.335 e. The van der Waals surface area contributed by atoms with Crippen molar-refractivity contribution in [3.63, 3.8) is 0 Å². The van der Waals surface area contributed by atoms with Crippen LogP contribution in [0.5, 0.6) is 0 Å². The molecule has 0 aromatic heterocycles. The fourth-order valence-electron chi connectivity index (χ4n) is 8.38. The number of rotatable bonds is 48. The first kappa shape index (κ1) is 67.2. The summed E-state index contributed by atoms with van der Waals surface area (Å²) in [5, 5.41) is 31.4. The molecule has 1 fully saturated rings. The lowest BCUT2D eigenvalue weighted by atomic mass is 9.98. The van der Waals surface area contributed by atoms with E-state index < -0.39 is 67.3 Å². The van der Waals surface area contributed by atoms with E-state index in [1.165, 1.54) is 89.9 Å². The van der Waals surface area contributed by atoms with Crippen molar-refractivity contribution in [2.24, 2.45) is 0 Å². The van der Waals surface area contributed by atoms with Crippen LogP contribution in [-0.4, -0.2) is 89.2 Å². The number of allylic oxidation sites excluding steroid dienone is 11. The van der Waals surface area contributed by atoms with E-state index in [0.717, 1.165) is 89.9 Å². The zero-order valence-electron chi connectivity index (χ0n) is 45.9. The Labute approximate surface area is 442 Å². The van der Waals surface area contributed by atoms with E-state index in [4.69, 9.17) is 23.7 Å². The first-order chi connectivity index (χ1) is 35.6. The summed E-state index contributed by atoms with van der Waals surface area (Å²) in [7, 11) is 0. The minimum atomic E-state index is -1.91. The number of hydrogen-bond donors (Lipinski definition) is 3. The molecule has 6 atom stereocenters. The van der Waals surface area contributed by atoms with Crippen molar-refractivity contribution in [1.29, 1.82) is 0 Å². The van der Waals surface area contributed by atoms with Crippen LogP contribution in [0.3, 0.4) is 0 Å². The van der Waals surface area contributed by atoms with Crippen LogP contribution in [0.1, 0.15) is 239 Å². The standard InChI is InChI=1S/C61H102O12/c1-4-7-10-13-16-19-22-25-27-30-32-35-38-41-44-47-53(62)69-50-52(71-54(63)48-45-42-39-36-34-31-28-26-23-20-17-14-11-8-5-2)51-70-61-59(57(66)56(65)58(73-61)60(67)68)72-55(64)49-46-43-40-37-33-29-24-21-18-15-12-9-6-3/h7,10,16,19,25-28,32,35,41,44,52,56-59,61,65-66H,4-6,8-9,11-15,17-18,20-24,29-31,33-34,36-40,42-43,45-51H2,1-3H3,(H,67,68)/b10-7-,19-16-,27-25-,28-26-,35-32-,44-41-. The maximum atomic E-state index is 13.1. The predicted molar refractivity (Wildman–Crippen MR) is 294 cm³/mol. The van der Waals surface area contributed by atoms with Crippen molar-refractivity contribution in [1.82, 2.24) is 0 Å². The summed E-state index contributed by atoms with van der Waals surface area (Å²) < 4.78 is 28.3. The molecule has 1 rings (SSSR count). The number of esters is 3. The SMILES string of the molecule is CC/C=C\C/C=C\C/C=C\C/C=C\C/C=C\CC(=O)OCC(COC1OC(C(=O)O)C(O)C(O)C1OC(=O)CCCCCCCCCCCCCCC)OC(=O)CCCCCCC/C=C\CCCCCCCC. The normalized spacial score (nSPS) is 18.8. The van der Waals surface area contributed by atoms with Crippen molar-refractivity contribution in [2.45, 2.75) is 276 Å². The van der Waals surface area contributed by atoms with Gasteiger partial charge in [-0.15, -0.1) is 0 Å². The van der Waals surface area contributed by atoms with Crippen molar-refractivity contribution >= 4 is 23.9 Å². The van der Waals surface area contributed by atoms with Crippen molar-refractivity contribution < 1.29 is 58.2 Å². The van der Waals surface area contributed by atoms with E-state index in [1.807, 2.05) is 12.2 Å². The molecular weight excluding hydrogens is 925 g/mol. The molecule has 0 spiro atoms. The molecule has 1 aliphatic rings. The van der Waals surface area contributed by atoms with Crippen molar-refractivity contribution in [3.8, 4) is 0 Å². The molecule has 12 heteroatoms. The fourth-order valence-corrected chi connectivity index (χ4v) is 8.38. The van der Waals surface area contributed by atoms with Gasteiger partial charge in [0.15, 0.2) is 24.6 Å². The molecular formula is C61H102O12. The Morgan fingerprint density at radius 1 is 0.479 bits per heavy atom. The second-order valence-electron chi connectivity index (χ2n) is 19.6. The highest BCUT2D eigenvalue weighted by Gasteiger charge is 2.50. The fraction of sp³-hybridized carbons (Fsp3) is 0.738. The summed E-state index contributed by atoms with van der Waals surface area (Å²) in [4.78, 5) is 51.0. The molecule has 1 aliphatic heterocycles. The second-order valence-corrected chi connectivity index (χ2v) is 19.6. The lowest BCUT2D eigenvalue weighted by Gasteiger charge is -2.40. The number of aliphatic carboxylic acids is 1. The van der Waals surface area contributed by atoms with Gasteiger partial charge < -0.3 is 39.0 Å². The Morgan fingerprint density at radius 3 is 1.37 bits per heavy atom. The van der Waals surface area contributed by atoms with Gasteiger partial charge in [-0.1, -0.05) is 222 Å². The summed E-state index contributed by atoms with van der Waals surface area (Å²) in [5.74, 6) is -3.29. The smallest absolute Gasteiger partial charge is 0.335 e. The zero-order valence-corrected chi connectivity index (χ0v) is 45.9. The van der Waals surface area contributed by atoms with E-state index in [1.54, 1.807) is 6.08 Å². The van der Waals surface area contributed by atoms with Crippen molar-refractivity contribution in [2.75, 3.05) is 13.2 Å². The molecule has 3 N–H and O–H groups in total. The van der Waals surface area contributed by atoms with Crippen LogP contribution in [0.15, 0.2) is 72.9 Å². The number of carbonyl (C=O) groups excluding carboxylic acids is 3. The highest BCUT2D eigenvalue weighted by Crippen LogP contribution is 2.26. The first-order valence-corrected chi connectivity index (χ1v) is 28.9. The quantitative estimate of drug-likeness (QED) is 0.0228. The third-order valence-electron chi connectivity index (χ3n) is 12.8. The Morgan fingerprint density at radius 2 is 0.904 bits per heavy atom. The summed E-state index contributed by atoms with van der Waals surface area (Å²) in [5.41, 5.74) is 0. The third kappa shape index (κ3) is 39.3. The maximum absolute atomic E-state index is 13.1. The molecule has 73 heavy (non-hydrogen) atoms. The van der Waals surface area contributed by atoms with Gasteiger partial charge in [0.2, 0.25) is 0 Å². The molecule has 0 radical (unpaired) electrons. The highest BCUT2D eigenvalue weighted by molar-refractivity contribution is 5.74. The van der Waals surface area contributed by atoms with Gasteiger partial charge in [-0.05, 0) is 70.6 Å². The summed E-state index contributed by atoms with van der Waals surface area (Å²) >= 11 is 0. The number of aliphatic hydroxyl groups excluding tert-OH is 2. The van der Waals surface area contributed by atoms with E-state index in [9.17, 15) is 34.5 Å². The average Bonchev–Trinajstić information content (AvgIpc) is 3.37. The lowest BCUT2D eigenvalue weighted by molar-refractivity contribution is -0.301. The first-order valence-electron chi connectivity index (χ1n) is 28.9. The van der Waals surface area contributed by atoms with Gasteiger partial charge in [-0.3, -0.25) is 14.4 Å². The number of carbonyl (C=O) groups is 4. The second kappa shape index (κ2) is 49.1. The largest absolute Gasteiger partial charge is 0.479 e. The van der Waals surface area contributed by atoms with E-state index in [2.05, 4.69) is 75.5 Å². The van der Waals surface area contributed by atoms with Crippen LogP contribution in [-0.2, 0) is 42.9 Å². The van der Waals surface area contributed by atoms with Crippen LogP contribution in [0.25, 0.3) is 0 Å². The lowest BCUT2D eigenvalue weighted by Crippen LogP contribution is -2.61. The van der Waals surface area contributed by atoms with Gasteiger partial charge in [0.1, 0.15) is 18.8 Å². The molecule has 0 bridgehead atoms. The van der Waals surface area contributed by atoms with Crippen LogP contribution in [0.2, 0.25) is 0 Å². The van der Waals surface area contributed by atoms with Gasteiger partial charge in [-0.25, -0.2) is 4.79 Å². The molecule has 0 amide bonds. The topological polar surface area (TPSA) is 175 Å². The number of aliphatic hydroxyl groups is 2. The number of unbranched alkanes of at least 4 members (excludes halogenated alkanes) is 23. The number of carboxylic acids is 1. The summed E-state index contributed by atoms with van der Waals surface area (Å²) in [6.07, 6.45) is 49.0. The monoisotopic (exact) mass is 1030 g/mol. The molecule has 1 heterocycles. The van der Waals surface area contributed by atoms with Gasteiger partial charge in [0.05, 0.1) is 13.0 Å².